The highest BCUT2D eigenvalue weighted by molar-refractivity contribution is 5.65. The van der Waals surface area contributed by atoms with E-state index in [1.807, 2.05) is 11.7 Å². The smallest absolute Gasteiger partial charge is 0.148 e. The monoisotopic (exact) mass is 210 g/mol. The molecule has 0 bridgehead atoms. The van der Waals surface area contributed by atoms with Crippen molar-refractivity contribution in [1.82, 2.24) is 9.78 Å². The minimum atomic E-state index is 0.0485. The summed E-state index contributed by atoms with van der Waals surface area (Å²) in [7, 11) is 1.92. The minimum absolute atomic E-state index is 0.0485. The SMILES string of the molecule is CCc1nn(C)c(NC(C)(C)CC)c1N. The number of nitrogens with one attached hydrogen (secondary N) is 1. The molecule has 0 fully saturated rings. The third kappa shape index (κ3) is 2.43. The van der Waals surface area contributed by atoms with E-state index in [-0.39, 0.29) is 5.54 Å². The van der Waals surface area contributed by atoms with Gasteiger partial charge in [0.15, 0.2) is 0 Å². The van der Waals surface area contributed by atoms with Crippen LogP contribution in [0.4, 0.5) is 11.5 Å². The zero-order chi connectivity index (χ0) is 11.6. The second-order valence-corrected chi connectivity index (χ2v) is 4.55. The van der Waals surface area contributed by atoms with Crippen molar-refractivity contribution in [3.63, 3.8) is 0 Å². The summed E-state index contributed by atoms with van der Waals surface area (Å²) in [6, 6.07) is 0. The Labute approximate surface area is 91.8 Å². The fourth-order valence-electron chi connectivity index (χ4n) is 1.41. The van der Waals surface area contributed by atoms with Crippen LogP contribution in [0, 0.1) is 0 Å². The van der Waals surface area contributed by atoms with Crippen molar-refractivity contribution in [3.05, 3.63) is 5.69 Å². The molecule has 0 spiro atoms. The van der Waals surface area contributed by atoms with Crippen molar-refractivity contribution >= 4 is 11.5 Å². The third-order valence-electron chi connectivity index (χ3n) is 2.84. The summed E-state index contributed by atoms with van der Waals surface area (Å²) in [5.41, 5.74) is 7.82. The Morgan fingerprint density at radius 3 is 2.40 bits per heavy atom. The first-order valence-corrected chi connectivity index (χ1v) is 5.50. The maximum absolute atomic E-state index is 6.03. The summed E-state index contributed by atoms with van der Waals surface area (Å²) < 4.78 is 1.82. The molecule has 0 unspecified atom stereocenters. The molecule has 0 aromatic carbocycles. The molecule has 0 aliphatic heterocycles. The number of hydrogen-bond donors (Lipinski definition) is 2. The second-order valence-electron chi connectivity index (χ2n) is 4.55. The Morgan fingerprint density at radius 2 is 2.00 bits per heavy atom. The summed E-state index contributed by atoms with van der Waals surface area (Å²) in [4.78, 5) is 0. The van der Waals surface area contributed by atoms with Crippen LogP contribution in [0.3, 0.4) is 0 Å². The maximum atomic E-state index is 6.03. The van der Waals surface area contributed by atoms with E-state index < -0.39 is 0 Å². The highest BCUT2D eigenvalue weighted by atomic mass is 15.3. The summed E-state index contributed by atoms with van der Waals surface area (Å²) >= 11 is 0. The van der Waals surface area contributed by atoms with Crippen LogP contribution >= 0.6 is 0 Å². The zero-order valence-electron chi connectivity index (χ0n) is 10.4. The van der Waals surface area contributed by atoms with Gasteiger partial charge in [0.05, 0.1) is 11.4 Å². The van der Waals surface area contributed by atoms with Gasteiger partial charge in [0, 0.05) is 12.6 Å². The van der Waals surface area contributed by atoms with Crippen LogP contribution in [-0.2, 0) is 13.5 Å². The first-order chi connectivity index (χ1) is 6.91. The van der Waals surface area contributed by atoms with E-state index in [0.29, 0.717) is 0 Å². The molecule has 1 aromatic rings. The first kappa shape index (κ1) is 11.9. The largest absolute Gasteiger partial charge is 0.394 e. The van der Waals surface area contributed by atoms with Crippen LogP contribution in [0.25, 0.3) is 0 Å². The molecule has 1 aromatic heterocycles. The van der Waals surface area contributed by atoms with Crippen molar-refractivity contribution in [1.29, 1.82) is 0 Å². The number of anilines is 2. The predicted molar refractivity (Wildman–Crippen MR) is 65.0 cm³/mol. The van der Waals surface area contributed by atoms with Crippen LogP contribution in [-0.4, -0.2) is 15.3 Å². The molecule has 0 atom stereocenters. The summed E-state index contributed by atoms with van der Waals surface area (Å²) in [5.74, 6) is 0.929. The van der Waals surface area contributed by atoms with E-state index in [2.05, 4.69) is 38.1 Å². The van der Waals surface area contributed by atoms with Crippen LogP contribution in [0.5, 0.6) is 0 Å². The molecule has 15 heavy (non-hydrogen) atoms. The van der Waals surface area contributed by atoms with Crippen LogP contribution in [0.2, 0.25) is 0 Å². The Hall–Kier alpha value is -1.19. The Morgan fingerprint density at radius 1 is 1.40 bits per heavy atom. The van der Waals surface area contributed by atoms with Crippen LogP contribution in [0.15, 0.2) is 0 Å². The quantitative estimate of drug-likeness (QED) is 0.800. The summed E-state index contributed by atoms with van der Waals surface area (Å²) in [6.07, 6.45) is 1.91. The highest BCUT2D eigenvalue weighted by Crippen LogP contribution is 2.26. The van der Waals surface area contributed by atoms with E-state index in [4.69, 9.17) is 5.73 Å². The second kappa shape index (κ2) is 4.13. The van der Waals surface area contributed by atoms with Gasteiger partial charge >= 0.3 is 0 Å². The van der Waals surface area contributed by atoms with Gasteiger partial charge in [0.1, 0.15) is 5.82 Å². The number of nitrogens with two attached hydrogens (primary N) is 1. The molecule has 4 nitrogen and oxygen atoms in total. The van der Waals surface area contributed by atoms with Gasteiger partial charge in [-0.3, -0.25) is 4.68 Å². The molecule has 1 heterocycles. The van der Waals surface area contributed by atoms with Gasteiger partial charge in [-0.25, -0.2) is 0 Å². The zero-order valence-corrected chi connectivity index (χ0v) is 10.4. The van der Waals surface area contributed by atoms with Crippen molar-refractivity contribution in [2.24, 2.45) is 7.05 Å². The molecule has 86 valence electrons. The number of rotatable bonds is 4. The van der Waals surface area contributed by atoms with Gasteiger partial charge in [-0.15, -0.1) is 0 Å². The maximum Gasteiger partial charge on any atom is 0.148 e. The average molecular weight is 210 g/mol. The van der Waals surface area contributed by atoms with Gasteiger partial charge in [0.25, 0.3) is 0 Å². The fraction of sp³-hybridized carbons (Fsp3) is 0.727. The van der Waals surface area contributed by atoms with Gasteiger partial charge < -0.3 is 11.1 Å². The van der Waals surface area contributed by atoms with Gasteiger partial charge in [0.2, 0.25) is 0 Å². The Kier molecular flexibility index (Phi) is 3.27. The summed E-state index contributed by atoms with van der Waals surface area (Å²) in [6.45, 7) is 8.53. The number of aromatic nitrogens is 2. The van der Waals surface area contributed by atoms with E-state index in [1.54, 1.807) is 0 Å². The van der Waals surface area contributed by atoms with E-state index in [0.717, 1.165) is 30.0 Å². The lowest BCUT2D eigenvalue weighted by Crippen LogP contribution is -2.31. The van der Waals surface area contributed by atoms with E-state index >= 15 is 0 Å². The molecular formula is C11H22N4. The van der Waals surface area contributed by atoms with Gasteiger partial charge in [-0.2, -0.15) is 5.10 Å². The molecule has 0 aliphatic carbocycles. The predicted octanol–water partition coefficient (Wildman–Crippen LogP) is 2.17. The molecule has 0 amide bonds. The third-order valence-corrected chi connectivity index (χ3v) is 2.84. The minimum Gasteiger partial charge on any atom is -0.394 e. The first-order valence-electron chi connectivity index (χ1n) is 5.50. The Bertz CT molecular complexity index is 339. The van der Waals surface area contributed by atoms with Crippen molar-refractivity contribution in [2.75, 3.05) is 11.1 Å². The lowest BCUT2D eigenvalue weighted by Gasteiger charge is -2.26. The molecule has 0 saturated heterocycles. The van der Waals surface area contributed by atoms with Gasteiger partial charge in [-0.05, 0) is 26.7 Å². The highest BCUT2D eigenvalue weighted by Gasteiger charge is 2.19. The number of nitrogen functional groups attached to an aromatic ring is 1. The average Bonchev–Trinajstić information content (AvgIpc) is 2.45. The van der Waals surface area contributed by atoms with E-state index in [1.165, 1.54) is 0 Å². The lowest BCUT2D eigenvalue weighted by molar-refractivity contribution is 0.538. The lowest BCUT2D eigenvalue weighted by atomic mass is 10.0. The van der Waals surface area contributed by atoms with Gasteiger partial charge in [-0.1, -0.05) is 13.8 Å². The molecular weight excluding hydrogens is 188 g/mol. The molecule has 0 aliphatic rings. The van der Waals surface area contributed by atoms with Crippen LogP contribution < -0.4 is 11.1 Å². The molecule has 1 rings (SSSR count). The van der Waals surface area contributed by atoms with Crippen molar-refractivity contribution in [3.8, 4) is 0 Å². The standard InChI is InChI=1S/C11H22N4/c1-6-8-9(12)10(15(5)14-8)13-11(3,4)7-2/h13H,6-7,12H2,1-5H3. The normalized spacial score (nSPS) is 11.8. The Balaban J connectivity index is 2.99. The summed E-state index contributed by atoms with van der Waals surface area (Å²) in [5, 5.41) is 7.81. The molecule has 0 saturated carbocycles. The molecule has 4 heteroatoms. The molecule has 0 radical (unpaired) electrons. The van der Waals surface area contributed by atoms with Crippen molar-refractivity contribution < 1.29 is 0 Å². The number of aryl methyl sites for hydroxylation is 2. The topological polar surface area (TPSA) is 55.9 Å². The number of hydrogen-bond acceptors (Lipinski definition) is 3. The van der Waals surface area contributed by atoms with Crippen LogP contribution in [0.1, 0.15) is 39.8 Å². The van der Waals surface area contributed by atoms with Crippen molar-refractivity contribution in [2.45, 2.75) is 46.1 Å². The molecule has 3 N–H and O–H groups in total. The number of nitrogens with zero attached hydrogens (tertiary/aromatic N) is 2. The fourth-order valence-corrected chi connectivity index (χ4v) is 1.41. The van der Waals surface area contributed by atoms with E-state index in [9.17, 15) is 0 Å².